The van der Waals surface area contributed by atoms with E-state index >= 15 is 0 Å². The highest BCUT2D eigenvalue weighted by molar-refractivity contribution is 6.02. The van der Waals surface area contributed by atoms with Gasteiger partial charge in [-0.05, 0) is 55.2 Å². The zero-order valence-electron chi connectivity index (χ0n) is 18.9. The minimum Gasteiger partial charge on any atom is -0.489 e. The topological polar surface area (TPSA) is 65.4 Å². The van der Waals surface area contributed by atoms with Crippen molar-refractivity contribution in [3.63, 3.8) is 0 Å². The van der Waals surface area contributed by atoms with Crippen LogP contribution >= 0.6 is 0 Å². The molecule has 1 aliphatic rings. The van der Waals surface area contributed by atoms with Crippen molar-refractivity contribution in [2.75, 3.05) is 11.9 Å². The van der Waals surface area contributed by atoms with E-state index in [9.17, 15) is 4.79 Å². The first-order chi connectivity index (χ1) is 16.8. The van der Waals surface area contributed by atoms with Crippen molar-refractivity contribution < 1.29 is 14.3 Å². The van der Waals surface area contributed by atoms with Gasteiger partial charge < -0.3 is 14.8 Å². The summed E-state index contributed by atoms with van der Waals surface area (Å²) in [5.41, 5.74) is 3.58. The van der Waals surface area contributed by atoms with Gasteiger partial charge in [-0.25, -0.2) is 4.68 Å². The molecule has 1 saturated heterocycles. The normalized spacial score (nSPS) is 16.1. The fourth-order valence-corrected chi connectivity index (χ4v) is 4.10. The lowest BCUT2D eigenvalue weighted by Crippen LogP contribution is -2.18. The summed E-state index contributed by atoms with van der Waals surface area (Å²) in [6.45, 7) is 1.14. The zero-order valence-corrected chi connectivity index (χ0v) is 18.9. The van der Waals surface area contributed by atoms with Crippen LogP contribution in [0.2, 0.25) is 0 Å². The van der Waals surface area contributed by atoms with Crippen LogP contribution in [0.15, 0.2) is 85.1 Å². The minimum absolute atomic E-state index is 0.0246. The fourth-order valence-electron chi connectivity index (χ4n) is 4.10. The van der Waals surface area contributed by atoms with Gasteiger partial charge in [0.25, 0.3) is 0 Å². The van der Waals surface area contributed by atoms with Crippen molar-refractivity contribution in [1.82, 2.24) is 9.78 Å². The molecule has 6 heteroatoms. The maximum atomic E-state index is 12.7. The number of anilines is 1. The average molecular weight is 454 g/mol. The lowest BCUT2D eigenvalue weighted by Gasteiger charge is -2.23. The summed E-state index contributed by atoms with van der Waals surface area (Å²) in [4.78, 5) is 12.7. The van der Waals surface area contributed by atoms with E-state index < -0.39 is 0 Å². The number of hydrogen-bond donors (Lipinski definition) is 1. The van der Waals surface area contributed by atoms with Crippen molar-refractivity contribution in [1.29, 1.82) is 0 Å². The molecule has 1 N–H and O–H groups in total. The summed E-state index contributed by atoms with van der Waals surface area (Å²) in [6.07, 6.45) is 8.41. The van der Waals surface area contributed by atoms with Gasteiger partial charge in [-0.3, -0.25) is 4.79 Å². The smallest absolute Gasteiger partial charge is 0.248 e. The highest BCUT2D eigenvalue weighted by Crippen LogP contribution is 2.27. The predicted molar refractivity (Wildman–Crippen MR) is 133 cm³/mol. The van der Waals surface area contributed by atoms with Gasteiger partial charge in [0.1, 0.15) is 12.4 Å². The molecule has 1 fully saturated rings. The Labute approximate surface area is 198 Å². The average Bonchev–Trinajstić information content (AvgIpc) is 3.31. The second kappa shape index (κ2) is 10.4. The third-order valence-corrected chi connectivity index (χ3v) is 5.89. The molecule has 34 heavy (non-hydrogen) atoms. The second-order valence-electron chi connectivity index (χ2n) is 8.31. The summed E-state index contributed by atoms with van der Waals surface area (Å²) in [5, 5.41) is 8.56. The molecule has 172 valence electrons. The molecule has 1 amide bonds. The number of ether oxygens (including phenoxy) is 2. The predicted octanol–water partition coefficient (Wildman–Crippen LogP) is 5.97. The van der Waals surface area contributed by atoms with Gasteiger partial charge in [-0.15, -0.1) is 0 Å². The standard InChI is InChI=1S/C28H27N3O3/c32-27(30-25-11-5-4-8-23(25)20-34-24-9-2-1-3-10-24)16-14-21-13-15-22-19-29-31(26(22)18-21)28-12-6-7-17-33-28/h1-5,8-11,13-16,18-19,28H,6-7,12,17,20H2,(H,30,32). The summed E-state index contributed by atoms with van der Waals surface area (Å²) in [5.74, 6) is 0.591. The summed E-state index contributed by atoms with van der Waals surface area (Å²) in [6, 6.07) is 23.3. The van der Waals surface area contributed by atoms with Crippen LogP contribution in [0, 0.1) is 0 Å². The van der Waals surface area contributed by atoms with E-state index in [0.717, 1.165) is 59.3 Å². The number of carbonyl (C=O) groups is 1. The number of para-hydroxylation sites is 2. The maximum Gasteiger partial charge on any atom is 0.248 e. The molecule has 5 rings (SSSR count). The molecule has 4 aromatic rings. The Kier molecular flexibility index (Phi) is 6.68. The number of fused-ring (bicyclic) bond motifs is 1. The molecule has 1 unspecified atom stereocenters. The van der Waals surface area contributed by atoms with E-state index in [4.69, 9.17) is 9.47 Å². The molecular formula is C28H27N3O3. The first-order valence-corrected chi connectivity index (χ1v) is 11.6. The van der Waals surface area contributed by atoms with E-state index in [1.54, 1.807) is 6.08 Å². The van der Waals surface area contributed by atoms with Crippen LogP contribution < -0.4 is 10.1 Å². The maximum absolute atomic E-state index is 12.7. The highest BCUT2D eigenvalue weighted by Gasteiger charge is 2.18. The molecule has 3 aromatic carbocycles. The number of aromatic nitrogens is 2. The lowest BCUT2D eigenvalue weighted by molar-refractivity contribution is -0.111. The number of hydrogen-bond acceptors (Lipinski definition) is 4. The van der Waals surface area contributed by atoms with E-state index in [1.807, 2.05) is 89.8 Å². The quantitative estimate of drug-likeness (QED) is 0.350. The molecule has 0 saturated carbocycles. The van der Waals surface area contributed by atoms with Crippen molar-refractivity contribution in [3.8, 4) is 5.75 Å². The van der Waals surface area contributed by atoms with Crippen LogP contribution in [0.5, 0.6) is 5.75 Å². The molecule has 6 nitrogen and oxygen atoms in total. The van der Waals surface area contributed by atoms with Gasteiger partial charge in [0, 0.05) is 29.3 Å². The first-order valence-electron chi connectivity index (χ1n) is 11.6. The lowest BCUT2D eigenvalue weighted by atomic mass is 10.1. The molecule has 0 aliphatic carbocycles. The van der Waals surface area contributed by atoms with Crippen LogP contribution in [0.1, 0.15) is 36.6 Å². The third-order valence-electron chi connectivity index (χ3n) is 5.89. The Morgan fingerprint density at radius 1 is 1.09 bits per heavy atom. The van der Waals surface area contributed by atoms with Crippen LogP contribution in [0.25, 0.3) is 17.0 Å². The Morgan fingerprint density at radius 2 is 1.94 bits per heavy atom. The van der Waals surface area contributed by atoms with E-state index in [1.165, 1.54) is 0 Å². The van der Waals surface area contributed by atoms with Gasteiger partial charge in [0.15, 0.2) is 6.23 Å². The van der Waals surface area contributed by atoms with Crippen molar-refractivity contribution in [3.05, 3.63) is 96.2 Å². The molecule has 1 aliphatic heterocycles. The second-order valence-corrected chi connectivity index (χ2v) is 8.31. The SMILES string of the molecule is O=C(C=Cc1ccc2cnn(C3CCCCO3)c2c1)Nc1ccccc1COc1ccccc1. The van der Waals surface area contributed by atoms with Crippen molar-refractivity contribution >= 4 is 28.6 Å². The molecular weight excluding hydrogens is 426 g/mol. The van der Waals surface area contributed by atoms with E-state index in [-0.39, 0.29) is 12.1 Å². The number of rotatable bonds is 7. The summed E-state index contributed by atoms with van der Waals surface area (Å²) in [7, 11) is 0. The Balaban J connectivity index is 1.27. The van der Waals surface area contributed by atoms with Gasteiger partial charge in [-0.2, -0.15) is 5.10 Å². The molecule has 0 radical (unpaired) electrons. The summed E-state index contributed by atoms with van der Waals surface area (Å²) < 4.78 is 13.7. The monoisotopic (exact) mass is 453 g/mol. The first kappa shape index (κ1) is 21.9. The Hall–Kier alpha value is -3.90. The number of benzene rings is 3. The molecule has 0 spiro atoms. The van der Waals surface area contributed by atoms with E-state index in [2.05, 4.69) is 10.4 Å². The molecule has 1 aromatic heterocycles. The number of nitrogens with zero attached hydrogens (tertiary/aromatic N) is 2. The molecule has 1 atom stereocenters. The van der Waals surface area contributed by atoms with Crippen LogP contribution in [-0.4, -0.2) is 22.3 Å². The Morgan fingerprint density at radius 3 is 2.79 bits per heavy atom. The van der Waals surface area contributed by atoms with Crippen LogP contribution in [0.3, 0.4) is 0 Å². The van der Waals surface area contributed by atoms with Gasteiger partial charge in [0.2, 0.25) is 5.91 Å². The van der Waals surface area contributed by atoms with Crippen LogP contribution in [0.4, 0.5) is 5.69 Å². The van der Waals surface area contributed by atoms with Crippen molar-refractivity contribution in [2.45, 2.75) is 32.1 Å². The molecule has 2 heterocycles. The third kappa shape index (κ3) is 5.18. The molecule has 0 bridgehead atoms. The fraction of sp³-hybridized carbons (Fsp3) is 0.214. The zero-order chi connectivity index (χ0) is 23.2. The number of amides is 1. The van der Waals surface area contributed by atoms with Crippen LogP contribution in [-0.2, 0) is 16.1 Å². The largest absolute Gasteiger partial charge is 0.489 e. The van der Waals surface area contributed by atoms with Crippen molar-refractivity contribution in [2.24, 2.45) is 0 Å². The Bertz CT molecular complexity index is 1290. The minimum atomic E-state index is -0.198. The van der Waals surface area contributed by atoms with Gasteiger partial charge >= 0.3 is 0 Å². The number of carbonyl (C=O) groups excluding carboxylic acids is 1. The van der Waals surface area contributed by atoms with Gasteiger partial charge in [0.05, 0.1) is 11.7 Å². The number of nitrogens with one attached hydrogen (secondary N) is 1. The van der Waals surface area contributed by atoms with Gasteiger partial charge in [-0.1, -0.05) is 48.5 Å². The highest BCUT2D eigenvalue weighted by atomic mass is 16.5. The van der Waals surface area contributed by atoms with E-state index in [0.29, 0.717) is 6.61 Å². The summed E-state index contributed by atoms with van der Waals surface area (Å²) >= 11 is 0.